The minimum absolute atomic E-state index is 0.605. The first-order valence-corrected chi connectivity index (χ1v) is 10.2. The smallest absolute Gasteiger partial charge is 0.241 e. The molecule has 1 aromatic carbocycles. The fraction of sp³-hybridized carbons (Fsp3) is 0.600. The van der Waals surface area contributed by atoms with E-state index in [4.69, 9.17) is 20.9 Å². The zero-order valence-electron chi connectivity index (χ0n) is 15.6. The molecule has 2 aliphatic rings. The summed E-state index contributed by atoms with van der Waals surface area (Å²) in [5.41, 5.74) is 0.888. The molecule has 4 rings (SSSR count). The van der Waals surface area contributed by atoms with Gasteiger partial charge in [-0.05, 0) is 56.9 Å². The van der Waals surface area contributed by atoms with Crippen molar-refractivity contribution >= 4 is 11.6 Å². The topological polar surface area (TPSA) is 54.6 Å². The summed E-state index contributed by atoms with van der Waals surface area (Å²) in [7, 11) is 0. The van der Waals surface area contributed by atoms with Gasteiger partial charge in [0.05, 0.1) is 19.8 Å². The average molecular weight is 391 g/mol. The molecule has 0 unspecified atom stereocenters. The fourth-order valence-electron chi connectivity index (χ4n) is 3.88. The van der Waals surface area contributed by atoms with Gasteiger partial charge in [-0.3, -0.25) is 9.80 Å². The van der Waals surface area contributed by atoms with Crippen molar-refractivity contribution in [1.29, 1.82) is 0 Å². The predicted molar refractivity (Wildman–Crippen MR) is 105 cm³/mol. The molecule has 0 N–H and O–H groups in total. The average Bonchev–Trinajstić information content (AvgIpc) is 3.17. The third kappa shape index (κ3) is 5.29. The molecule has 2 saturated heterocycles. The molecule has 0 aliphatic carbocycles. The summed E-state index contributed by atoms with van der Waals surface area (Å²) >= 11 is 6.04. The van der Waals surface area contributed by atoms with Crippen LogP contribution in [0.4, 0.5) is 0 Å². The summed E-state index contributed by atoms with van der Waals surface area (Å²) in [6.45, 7) is 8.09. The molecule has 1 aromatic heterocycles. The Hall–Kier alpha value is -1.47. The Morgan fingerprint density at radius 1 is 1.07 bits per heavy atom. The first-order valence-electron chi connectivity index (χ1n) is 9.87. The SMILES string of the molecule is Clc1cccc(-c2noc(CN3CCC(CCN4CCOCC4)CC3)n2)c1. The zero-order valence-corrected chi connectivity index (χ0v) is 16.4. The van der Waals surface area contributed by atoms with E-state index in [1.807, 2.05) is 24.3 Å². The number of benzene rings is 1. The van der Waals surface area contributed by atoms with Gasteiger partial charge in [-0.15, -0.1) is 0 Å². The van der Waals surface area contributed by atoms with Gasteiger partial charge < -0.3 is 9.26 Å². The number of likely N-dealkylation sites (tertiary alicyclic amines) is 1. The van der Waals surface area contributed by atoms with Crippen molar-refractivity contribution in [1.82, 2.24) is 19.9 Å². The third-order valence-electron chi connectivity index (χ3n) is 5.57. The summed E-state index contributed by atoms with van der Waals surface area (Å²) in [6.07, 6.45) is 3.80. The number of nitrogens with zero attached hydrogens (tertiary/aromatic N) is 4. The van der Waals surface area contributed by atoms with Crippen LogP contribution in [0.1, 0.15) is 25.2 Å². The van der Waals surface area contributed by atoms with Gasteiger partial charge in [0.1, 0.15) is 0 Å². The number of ether oxygens (including phenoxy) is 1. The molecule has 6 nitrogen and oxygen atoms in total. The molecule has 0 spiro atoms. The number of hydrogen-bond acceptors (Lipinski definition) is 6. The van der Waals surface area contributed by atoms with E-state index in [0.717, 1.165) is 57.4 Å². The Morgan fingerprint density at radius 2 is 1.89 bits per heavy atom. The lowest BCUT2D eigenvalue weighted by Crippen LogP contribution is -2.39. The number of aromatic nitrogens is 2. The van der Waals surface area contributed by atoms with Crippen LogP contribution in [-0.2, 0) is 11.3 Å². The third-order valence-corrected chi connectivity index (χ3v) is 5.81. The Balaban J connectivity index is 1.22. The predicted octanol–water partition coefficient (Wildman–Crippen LogP) is 3.32. The van der Waals surface area contributed by atoms with E-state index in [1.54, 1.807) is 0 Å². The molecular weight excluding hydrogens is 364 g/mol. The van der Waals surface area contributed by atoms with Crippen LogP contribution in [0.3, 0.4) is 0 Å². The standard InChI is InChI=1S/C20H27ClN4O2/c21-18-3-1-2-17(14-18)20-22-19(27-23-20)15-25-8-5-16(6-9-25)4-7-24-10-12-26-13-11-24/h1-3,14,16H,4-13,15H2. The quantitative estimate of drug-likeness (QED) is 0.754. The summed E-state index contributed by atoms with van der Waals surface area (Å²) in [6, 6.07) is 7.54. The summed E-state index contributed by atoms with van der Waals surface area (Å²) < 4.78 is 10.9. The first kappa shape index (κ1) is 18.9. The largest absolute Gasteiger partial charge is 0.379 e. The van der Waals surface area contributed by atoms with Crippen molar-refractivity contribution in [3.05, 3.63) is 35.2 Å². The highest BCUT2D eigenvalue weighted by molar-refractivity contribution is 6.30. The monoisotopic (exact) mass is 390 g/mol. The lowest BCUT2D eigenvalue weighted by molar-refractivity contribution is 0.0333. The molecule has 7 heteroatoms. The molecule has 0 atom stereocenters. The second kappa shape index (κ2) is 9.15. The Bertz CT molecular complexity index is 724. The summed E-state index contributed by atoms with van der Waals surface area (Å²) in [5.74, 6) is 2.11. The molecule has 0 radical (unpaired) electrons. The zero-order chi connectivity index (χ0) is 18.5. The van der Waals surface area contributed by atoms with Gasteiger partial charge in [0.2, 0.25) is 11.7 Å². The molecule has 27 heavy (non-hydrogen) atoms. The van der Waals surface area contributed by atoms with Crippen LogP contribution >= 0.6 is 11.6 Å². The van der Waals surface area contributed by atoms with Crippen LogP contribution in [0.5, 0.6) is 0 Å². The normalized spacial score (nSPS) is 20.2. The maximum absolute atomic E-state index is 6.04. The summed E-state index contributed by atoms with van der Waals surface area (Å²) in [5, 5.41) is 4.78. The molecule has 2 aromatic rings. The number of morpholine rings is 1. The van der Waals surface area contributed by atoms with Crippen LogP contribution in [0.15, 0.2) is 28.8 Å². The van der Waals surface area contributed by atoms with E-state index in [2.05, 4.69) is 19.9 Å². The van der Waals surface area contributed by atoms with Crippen LogP contribution in [0, 0.1) is 5.92 Å². The van der Waals surface area contributed by atoms with E-state index in [1.165, 1.54) is 25.8 Å². The highest BCUT2D eigenvalue weighted by Crippen LogP contribution is 2.24. The number of halogens is 1. The van der Waals surface area contributed by atoms with Crippen LogP contribution in [-0.4, -0.2) is 65.9 Å². The Labute approximate surface area is 165 Å². The van der Waals surface area contributed by atoms with Crippen molar-refractivity contribution in [2.75, 3.05) is 45.9 Å². The second-order valence-corrected chi connectivity index (χ2v) is 7.92. The van der Waals surface area contributed by atoms with E-state index < -0.39 is 0 Å². The Kier molecular flexibility index (Phi) is 6.39. The minimum Gasteiger partial charge on any atom is -0.379 e. The number of hydrogen-bond donors (Lipinski definition) is 0. The van der Waals surface area contributed by atoms with E-state index in [-0.39, 0.29) is 0 Å². The first-order chi connectivity index (χ1) is 13.3. The van der Waals surface area contributed by atoms with Gasteiger partial charge in [0.15, 0.2) is 0 Å². The lowest BCUT2D eigenvalue weighted by atomic mass is 9.93. The second-order valence-electron chi connectivity index (χ2n) is 7.48. The maximum Gasteiger partial charge on any atom is 0.241 e. The van der Waals surface area contributed by atoms with Crippen LogP contribution in [0.25, 0.3) is 11.4 Å². The van der Waals surface area contributed by atoms with Crippen LogP contribution in [0.2, 0.25) is 5.02 Å². The maximum atomic E-state index is 6.04. The molecule has 2 aliphatic heterocycles. The van der Waals surface area contributed by atoms with E-state index >= 15 is 0 Å². The van der Waals surface area contributed by atoms with Gasteiger partial charge >= 0.3 is 0 Å². The van der Waals surface area contributed by atoms with Crippen molar-refractivity contribution in [3.8, 4) is 11.4 Å². The van der Waals surface area contributed by atoms with E-state index in [0.29, 0.717) is 16.7 Å². The van der Waals surface area contributed by atoms with Crippen molar-refractivity contribution in [3.63, 3.8) is 0 Å². The molecule has 0 saturated carbocycles. The molecule has 0 bridgehead atoms. The van der Waals surface area contributed by atoms with Gasteiger partial charge in [-0.1, -0.05) is 28.9 Å². The molecular formula is C20H27ClN4O2. The summed E-state index contributed by atoms with van der Waals surface area (Å²) in [4.78, 5) is 9.49. The lowest BCUT2D eigenvalue weighted by Gasteiger charge is -2.33. The van der Waals surface area contributed by atoms with Gasteiger partial charge in [-0.2, -0.15) is 4.98 Å². The molecule has 2 fully saturated rings. The van der Waals surface area contributed by atoms with E-state index in [9.17, 15) is 0 Å². The highest BCUT2D eigenvalue weighted by atomic mass is 35.5. The molecule has 3 heterocycles. The Morgan fingerprint density at radius 3 is 2.67 bits per heavy atom. The number of rotatable bonds is 6. The molecule has 0 amide bonds. The van der Waals surface area contributed by atoms with Gasteiger partial charge in [0.25, 0.3) is 0 Å². The van der Waals surface area contributed by atoms with Gasteiger partial charge in [-0.25, -0.2) is 0 Å². The molecule has 146 valence electrons. The van der Waals surface area contributed by atoms with Crippen molar-refractivity contribution in [2.45, 2.75) is 25.8 Å². The van der Waals surface area contributed by atoms with Crippen LogP contribution < -0.4 is 0 Å². The van der Waals surface area contributed by atoms with Crippen molar-refractivity contribution in [2.24, 2.45) is 5.92 Å². The fourth-order valence-corrected chi connectivity index (χ4v) is 4.07. The van der Waals surface area contributed by atoms with Crippen molar-refractivity contribution < 1.29 is 9.26 Å². The minimum atomic E-state index is 0.605. The number of piperidine rings is 1. The highest BCUT2D eigenvalue weighted by Gasteiger charge is 2.22. The van der Waals surface area contributed by atoms with Gasteiger partial charge in [0, 0.05) is 23.7 Å².